The van der Waals surface area contributed by atoms with Gasteiger partial charge >= 0.3 is 5.97 Å². The molecule has 3 N–H and O–H groups in total. The van der Waals surface area contributed by atoms with Crippen LogP contribution in [0.3, 0.4) is 0 Å². The summed E-state index contributed by atoms with van der Waals surface area (Å²) in [5, 5.41) is 23.1. The fraction of sp³-hybridized carbons (Fsp3) is 0.927. The zero-order valence-corrected chi connectivity index (χ0v) is 41.2. The Kier molecular flexibility index (Phi) is 50.1. The summed E-state index contributed by atoms with van der Waals surface area (Å²) in [5.74, 6) is -0.0359. The van der Waals surface area contributed by atoms with Gasteiger partial charge in [0.25, 0.3) is 0 Å². The third-order valence-corrected chi connectivity index (χ3v) is 12.8. The van der Waals surface area contributed by atoms with Gasteiger partial charge in [-0.1, -0.05) is 251 Å². The minimum absolute atomic E-state index is 0.00275. The molecule has 0 fully saturated rings. The first-order valence-corrected chi connectivity index (χ1v) is 27.4. The second kappa shape index (κ2) is 51.2. The average molecular weight is 862 g/mol. The molecular weight excluding hydrogens is 755 g/mol. The zero-order valence-electron chi connectivity index (χ0n) is 41.2. The predicted octanol–water partition coefficient (Wildman–Crippen LogP) is 16.5. The van der Waals surface area contributed by atoms with Crippen molar-refractivity contribution >= 4 is 11.9 Å². The van der Waals surface area contributed by atoms with Crippen molar-refractivity contribution in [2.75, 3.05) is 13.2 Å². The Bertz CT molecular complexity index is 909. The highest BCUT2D eigenvalue weighted by atomic mass is 16.5. The molecule has 0 heterocycles. The van der Waals surface area contributed by atoms with Gasteiger partial charge in [-0.15, -0.1) is 0 Å². The van der Waals surface area contributed by atoms with Crippen LogP contribution < -0.4 is 5.32 Å². The number of nitrogens with one attached hydrogen (secondary N) is 1. The first kappa shape index (κ1) is 59.6. The van der Waals surface area contributed by atoms with E-state index in [1.54, 1.807) is 0 Å². The Hall–Kier alpha value is -1.40. The van der Waals surface area contributed by atoms with E-state index in [1.165, 1.54) is 225 Å². The Labute approximate surface area is 380 Å². The van der Waals surface area contributed by atoms with Crippen LogP contribution in [0.1, 0.15) is 303 Å². The van der Waals surface area contributed by atoms with Gasteiger partial charge in [0.05, 0.1) is 25.4 Å². The zero-order chi connectivity index (χ0) is 44.4. The van der Waals surface area contributed by atoms with Gasteiger partial charge in [-0.25, -0.2) is 0 Å². The highest BCUT2D eigenvalue weighted by Gasteiger charge is 2.20. The maximum atomic E-state index is 12.4. The van der Waals surface area contributed by atoms with E-state index in [4.69, 9.17) is 4.74 Å². The average Bonchev–Trinajstić information content (AvgIpc) is 3.26. The van der Waals surface area contributed by atoms with E-state index < -0.39 is 12.1 Å². The van der Waals surface area contributed by atoms with Gasteiger partial charge in [0.15, 0.2) is 0 Å². The van der Waals surface area contributed by atoms with Gasteiger partial charge in [-0.05, 0) is 51.4 Å². The summed E-state index contributed by atoms with van der Waals surface area (Å²) < 4.78 is 5.47. The predicted molar refractivity (Wildman–Crippen MR) is 264 cm³/mol. The lowest BCUT2D eigenvalue weighted by Crippen LogP contribution is -2.45. The van der Waals surface area contributed by atoms with Crippen molar-refractivity contribution in [3.8, 4) is 0 Å². The summed E-state index contributed by atoms with van der Waals surface area (Å²) in [6, 6.07) is -0.540. The number of esters is 1. The molecule has 0 bridgehead atoms. The van der Waals surface area contributed by atoms with E-state index >= 15 is 0 Å². The van der Waals surface area contributed by atoms with Crippen LogP contribution >= 0.6 is 0 Å². The maximum Gasteiger partial charge on any atom is 0.305 e. The number of aliphatic hydroxyl groups excluding tert-OH is 2. The number of rotatable bonds is 51. The molecule has 2 atom stereocenters. The summed E-state index contributed by atoms with van der Waals surface area (Å²) in [6.45, 7) is 4.93. The third-order valence-electron chi connectivity index (χ3n) is 12.8. The normalized spacial score (nSPS) is 12.7. The van der Waals surface area contributed by atoms with Crippen LogP contribution in [0.25, 0.3) is 0 Å². The molecule has 0 aliphatic heterocycles. The minimum atomic E-state index is -0.662. The molecule has 0 aliphatic carbocycles. The lowest BCUT2D eigenvalue weighted by molar-refractivity contribution is -0.143. The number of hydrogen-bond donors (Lipinski definition) is 3. The minimum Gasteiger partial charge on any atom is -0.466 e. The van der Waals surface area contributed by atoms with E-state index in [9.17, 15) is 19.8 Å². The molecular formula is C55H107NO5. The highest BCUT2D eigenvalue weighted by molar-refractivity contribution is 5.76. The molecule has 0 radical (unpaired) electrons. The van der Waals surface area contributed by atoms with Crippen molar-refractivity contribution < 1.29 is 24.5 Å². The van der Waals surface area contributed by atoms with E-state index in [0.29, 0.717) is 25.9 Å². The fourth-order valence-corrected chi connectivity index (χ4v) is 8.58. The SMILES string of the molecule is CCCCCCCC/C=C\CCCCCCCC(=O)OCCCCCCCCCCCCCCCCCCCCCCC(=O)NC(CO)C(O)CCCCCCCCCCC. The molecule has 0 saturated carbocycles. The van der Waals surface area contributed by atoms with Crippen LogP contribution in [0.4, 0.5) is 0 Å². The molecule has 61 heavy (non-hydrogen) atoms. The van der Waals surface area contributed by atoms with Crippen molar-refractivity contribution in [2.45, 2.75) is 315 Å². The van der Waals surface area contributed by atoms with Crippen LogP contribution in [-0.4, -0.2) is 47.4 Å². The molecule has 0 rings (SSSR count). The molecule has 2 unspecified atom stereocenters. The second-order valence-corrected chi connectivity index (χ2v) is 18.9. The van der Waals surface area contributed by atoms with E-state index in [1.807, 2.05) is 0 Å². The smallest absolute Gasteiger partial charge is 0.305 e. The van der Waals surface area contributed by atoms with E-state index in [-0.39, 0.29) is 18.5 Å². The number of hydrogen-bond acceptors (Lipinski definition) is 5. The summed E-state index contributed by atoms with van der Waals surface area (Å²) in [7, 11) is 0. The van der Waals surface area contributed by atoms with Gasteiger partial charge in [-0.3, -0.25) is 9.59 Å². The van der Waals surface area contributed by atoms with Crippen LogP contribution in [0.15, 0.2) is 12.2 Å². The largest absolute Gasteiger partial charge is 0.466 e. The quantitative estimate of drug-likeness (QED) is 0.0322. The first-order chi connectivity index (χ1) is 30.0. The molecule has 1 amide bonds. The lowest BCUT2D eigenvalue weighted by atomic mass is 10.0. The third kappa shape index (κ3) is 47.9. The second-order valence-electron chi connectivity index (χ2n) is 18.9. The lowest BCUT2D eigenvalue weighted by Gasteiger charge is -2.22. The molecule has 0 aromatic carbocycles. The van der Waals surface area contributed by atoms with E-state index in [2.05, 4.69) is 31.3 Å². The van der Waals surface area contributed by atoms with Crippen LogP contribution in [-0.2, 0) is 14.3 Å². The summed E-state index contributed by atoms with van der Waals surface area (Å²) >= 11 is 0. The molecule has 0 aromatic rings. The van der Waals surface area contributed by atoms with Crippen molar-refractivity contribution in [3.63, 3.8) is 0 Å². The number of allylic oxidation sites excluding steroid dienone is 2. The Morgan fingerprint density at radius 2 is 0.770 bits per heavy atom. The fourth-order valence-electron chi connectivity index (χ4n) is 8.58. The molecule has 0 aromatic heterocycles. The number of carbonyl (C=O) groups is 2. The van der Waals surface area contributed by atoms with Gasteiger partial charge in [-0.2, -0.15) is 0 Å². The molecule has 0 aliphatic rings. The van der Waals surface area contributed by atoms with Crippen LogP contribution in [0.5, 0.6) is 0 Å². The number of carbonyl (C=O) groups excluding carboxylic acids is 2. The van der Waals surface area contributed by atoms with Crippen molar-refractivity contribution in [3.05, 3.63) is 12.2 Å². The van der Waals surface area contributed by atoms with Crippen molar-refractivity contribution in [1.82, 2.24) is 5.32 Å². The Balaban J connectivity index is 3.36. The molecule has 0 spiro atoms. The Morgan fingerprint density at radius 1 is 0.443 bits per heavy atom. The molecule has 0 saturated heterocycles. The van der Waals surface area contributed by atoms with Gasteiger partial charge < -0.3 is 20.3 Å². The van der Waals surface area contributed by atoms with Crippen molar-refractivity contribution in [1.29, 1.82) is 0 Å². The van der Waals surface area contributed by atoms with Gasteiger partial charge in [0, 0.05) is 12.8 Å². The number of unbranched alkanes of at least 4 members (excludes halogenated alkanes) is 38. The summed E-state index contributed by atoms with van der Waals surface area (Å²) in [5.41, 5.74) is 0. The number of aliphatic hydroxyl groups is 2. The van der Waals surface area contributed by atoms with Gasteiger partial charge in [0.1, 0.15) is 0 Å². The van der Waals surface area contributed by atoms with Crippen molar-refractivity contribution in [2.24, 2.45) is 0 Å². The summed E-state index contributed by atoms with van der Waals surface area (Å²) in [4.78, 5) is 24.4. The number of ether oxygens (including phenoxy) is 1. The highest BCUT2D eigenvalue weighted by Crippen LogP contribution is 2.17. The number of amides is 1. The first-order valence-electron chi connectivity index (χ1n) is 27.4. The molecule has 6 nitrogen and oxygen atoms in total. The topological polar surface area (TPSA) is 95.9 Å². The Morgan fingerprint density at radius 3 is 1.16 bits per heavy atom. The standard InChI is InChI=1S/C55H107NO5/c1-3-5-7-9-11-13-14-15-22-26-29-33-37-41-45-49-55(60)61-50-46-42-38-34-30-27-24-21-19-17-16-18-20-23-25-28-32-36-40-44-48-54(59)56-52(51-57)53(58)47-43-39-35-31-12-10-8-6-4-2/h15,22,52-53,57-58H,3-14,16-21,23-51H2,1-2H3,(H,56,59)/b22-15-. The summed E-state index contributed by atoms with van der Waals surface area (Å²) in [6.07, 6.45) is 59.2. The monoisotopic (exact) mass is 862 g/mol. The van der Waals surface area contributed by atoms with Crippen LogP contribution in [0, 0.1) is 0 Å². The molecule has 362 valence electrons. The van der Waals surface area contributed by atoms with E-state index in [0.717, 1.165) is 44.9 Å². The van der Waals surface area contributed by atoms with Crippen LogP contribution in [0.2, 0.25) is 0 Å². The van der Waals surface area contributed by atoms with Gasteiger partial charge in [0.2, 0.25) is 5.91 Å². The molecule has 6 heteroatoms. The maximum absolute atomic E-state index is 12.4.